The van der Waals surface area contributed by atoms with Gasteiger partial charge in [0.25, 0.3) is 5.91 Å². The van der Waals surface area contributed by atoms with E-state index in [-0.39, 0.29) is 5.82 Å². The summed E-state index contributed by atoms with van der Waals surface area (Å²) >= 11 is 0. The minimum Gasteiger partial charge on any atom is -0.480 e. The Morgan fingerprint density at radius 2 is 1.84 bits per heavy atom. The van der Waals surface area contributed by atoms with Gasteiger partial charge in [-0.1, -0.05) is 56.5 Å². The number of carboxylic acid groups (broad SMARTS) is 1. The molecule has 0 bridgehead atoms. The van der Waals surface area contributed by atoms with E-state index in [4.69, 9.17) is 14.2 Å². The van der Waals surface area contributed by atoms with Crippen molar-refractivity contribution < 1.29 is 33.7 Å². The van der Waals surface area contributed by atoms with Crippen molar-refractivity contribution in [3.8, 4) is 0 Å². The van der Waals surface area contributed by atoms with Crippen LogP contribution in [0.2, 0.25) is 0 Å². The van der Waals surface area contributed by atoms with Crippen molar-refractivity contribution in [1.29, 1.82) is 0 Å². The number of rotatable bonds is 10. The third-order valence-electron chi connectivity index (χ3n) is 8.07. The van der Waals surface area contributed by atoms with Gasteiger partial charge in [-0.3, -0.25) is 14.7 Å². The minimum atomic E-state index is -1.11. The number of carbonyl (C=O) groups excluding carboxylic acids is 2. The summed E-state index contributed by atoms with van der Waals surface area (Å²) in [6, 6.07) is 8.03. The maximum atomic E-state index is 13.7. The average Bonchev–Trinajstić information content (AvgIpc) is 3.81. The van der Waals surface area contributed by atoms with Crippen LogP contribution in [0.1, 0.15) is 63.5 Å². The van der Waals surface area contributed by atoms with Crippen LogP contribution in [0, 0.1) is 0 Å². The van der Waals surface area contributed by atoms with Crippen LogP contribution in [-0.4, -0.2) is 84.9 Å². The zero-order valence-corrected chi connectivity index (χ0v) is 23.8. The molecule has 6 rings (SSSR count). The molecule has 3 fully saturated rings. The lowest BCUT2D eigenvalue weighted by atomic mass is 10.1. The molecule has 0 saturated carbocycles. The summed E-state index contributed by atoms with van der Waals surface area (Å²) in [7, 11) is 0. The summed E-state index contributed by atoms with van der Waals surface area (Å²) in [6.45, 7) is 2.99. The van der Waals surface area contributed by atoms with Crippen LogP contribution in [-0.2, 0) is 23.8 Å². The molecule has 3 aliphatic rings. The Balaban J connectivity index is 1.25. The summed E-state index contributed by atoms with van der Waals surface area (Å²) in [5, 5.41) is 15.3. The van der Waals surface area contributed by atoms with E-state index >= 15 is 0 Å². The third-order valence-corrected chi connectivity index (χ3v) is 8.07. The van der Waals surface area contributed by atoms with Crippen molar-refractivity contribution in [3.05, 3.63) is 48.5 Å². The van der Waals surface area contributed by atoms with Crippen molar-refractivity contribution in [2.24, 2.45) is 0 Å². The van der Waals surface area contributed by atoms with Crippen LogP contribution in [0.4, 0.5) is 10.6 Å². The van der Waals surface area contributed by atoms with E-state index in [0.29, 0.717) is 37.1 Å². The van der Waals surface area contributed by atoms with Crippen LogP contribution >= 0.6 is 0 Å². The number of anilines is 1. The quantitative estimate of drug-likeness (QED) is 0.297. The van der Waals surface area contributed by atoms with Gasteiger partial charge in [-0.15, -0.1) is 0 Å². The first-order chi connectivity index (χ1) is 21.0. The number of imidazole rings is 1. The van der Waals surface area contributed by atoms with E-state index in [9.17, 15) is 19.5 Å². The van der Waals surface area contributed by atoms with Gasteiger partial charge in [0.2, 0.25) is 0 Å². The lowest BCUT2D eigenvalue weighted by Gasteiger charge is -2.27. The predicted octanol–water partition coefficient (Wildman–Crippen LogP) is 2.98. The van der Waals surface area contributed by atoms with E-state index in [1.54, 1.807) is 4.57 Å². The van der Waals surface area contributed by atoms with Gasteiger partial charge in [0.05, 0.1) is 6.33 Å². The molecule has 0 spiro atoms. The van der Waals surface area contributed by atoms with Crippen molar-refractivity contribution in [2.75, 3.05) is 18.4 Å². The number of aliphatic carboxylic acids is 1. The largest absolute Gasteiger partial charge is 0.480 e. The SMILES string of the molecule is CCCCCCNC(=O)Nc1ncnc2c1ncn2C1OC(C(=O)N2CCCC2C(=O)O)C2OC(c3ccccc3)OC21. The molecule has 3 saturated heterocycles. The molecule has 228 valence electrons. The van der Waals surface area contributed by atoms with Crippen molar-refractivity contribution in [3.63, 3.8) is 0 Å². The Morgan fingerprint density at radius 3 is 2.63 bits per heavy atom. The molecular formula is C29H35N7O7. The van der Waals surface area contributed by atoms with E-state index in [2.05, 4.69) is 32.5 Å². The first kappa shape index (κ1) is 29.0. The third kappa shape index (κ3) is 5.77. The zero-order chi connectivity index (χ0) is 29.9. The van der Waals surface area contributed by atoms with Gasteiger partial charge in [0.15, 0.2) is 35.6 Å². The van der Waals surface area contributed by atoms with Crippen molar-refractivity contribution in [1.82, 2.24) is 29.7 Å². The number of urea groups is 1. The lowest BCUT2D eigenvalue weighted by molar-refractivity contribution is -0.171. The first-order valence-corrected chi connectivity index (χ1v) is 14.7. The number of nitrogens with one attached hydrogen (secondary N) is 2. The lowest BCUT2D eigenvalue weighted by Crippen LogP contribution is -2.49. The molecule has 0 aliphatic carbocycles. The van der Waals surface area contributed by atoms with Gasteiger partial charge >= 0.3 is 12.0 Å². The second-order valence-electron chi connectivity index (χ2n) is 10.9. The fourth-order valence-corrected chi connectivity index (χ4v) is 5.93. The number of ether oxygens (including phenoxy) is 3. The molecule has 0 radical (unpaired) electrons. The summed E-state index contributed by atoms with van der Waals surface area (Å²) in [5.41, 5.74) is 1.47. The molecule has 6 unspecified atom stereocenters. The number of carbonyl (C=O) groups is 3. The Kier molecular flexibility index (Phi) is 8.49. The van der Waals surface area contributed by atoms with Crippen molar-refractivity contribution in [2.45, 2.75) is 82.3 Å². The number of aromatic nitrogens is 4. The van der Waals surface area contributed by atoms with Gasteiger partial charge in [-0.2, -0.15) is 0 Å². The van der Waals surface area contributed by atoms with Gasteiger partial charge in [-0.25, -0.2) is 24.5 Å². The van der Waals surface area contributed by atoms with Crippen LogP contribution in [0.25, 0.3) is 11.2 Å². The molecule has 2 aromatic heterocycles. The molecule has 14 nitrogen and oxygen atoms in total. The number of unbranched alkanes of at least 4 members (excludes halogenated alkanes) is 3. The van der Waals surface area contributed by atoms with Gasteiger partial charge in [0, 0.05) is 18.7 Å². The molecule has 3 aromatic rings. The monoisotopic (exact) mass is 593 g/mol. The van der Waals surface area contributed by atoms with Crippen molar-refractivity contribution >= 4 is 34.9 Å². The first-order valence-electron chi connectivity index (χ1n) is 14.7. The smallest absolute Gasteiger partial charge is 0.326 e. The fraction of sp³-hybridized carbons (Fsp3) is 0.517. The molecule has 14 heteroatoms. The second-order valence-corrected chi connectivity index (χ2v) is 10.9. The summed E-state index contributed by atoms with van der Waals surface area (Å²) in [6.07, 6.45) is 3.63. The molecule has 3 aliphatic heterocycles. The predicted molar refractivity (Wildman–Crippen MR) is 152 cm³/mol. The van der Waals surface area contributed by atoms with E-state index in [1.165, 1.54) is 17.6 Å². The average molecular weight is 594 g/mol. The number of hydrogen-bond donors (Lipinski definition) is 3. The molecule has 3 amide bonds. The summed E-state index contributed by atoms with van der Waals surface area (Å²) in [4.78, 5) is 52.5. The Morgan fingerprint density at radius 1 is 1.02 bits per heavy atom. The molecule has 3 N–H and O–H groups in total. The van der Waals surface area contributed by atoms with Crippen LogP contribution in [0.15, 0.2) is 43.0 Å². The highest BCUT2D eigenvalue weighted by molar-refractivity contribution is 5.95. The van der Waals surface area contributed by atoms with Crippen LogP contribution in [0.3, 0.4) is 0 Å². The second kappa shape index (κ2) is 12.6. The number of benzene rings is 1. The number of amides is 3. The minimum absolute atomic E-state index is 0.226. The molecule has 6 atom stereocenters. The van der Waals surface area contributed by atoms with Gasteiger partial charge in [-0.05, 0) is 19.3 Å². The standard InChI is InChI=1S/C29H35N7O7/c1-2-3-4-8-13-30-29(40)34-23-19-24(32-15-31-23)36(16-33-19)26-22-20(42-28(43-22)17-10-6-5-7-11-17)21(41-26)25(37)35-14-9-12-18(35)27(38)39/h5-7,10-11,15-16,18,20-22,26,28H,2-4,8-9,12-14H2,1H3,(H,38,39)(H2,30,31,32,34,40). The van der Waals surface area contributed by atoms with E-state index in [0.717, 1.165) is 31.2 Å². The van der Waals surface area contributed by atoms with Gasteiger partial charge in [0.1, 0.15) is 24.6 Å². The number of fused-ring (bicyclic) bond motifs is 2. The molecule has 5 heterocycles. The van der Waals surface area contributed by atoms with Gasteiger partial charge < -0.3 is 29.5 Å². The number of likely N-dealkylation sites (tertiary alicyclic amines) is 1. The Bertz CT molecular complexity index is 1470. The fourth-order valence-electron chi connectivity index (χ4n) is 5.93. The molecule has 43 heavy (non-hydrogen) atoms. The molecule has 1 aromatic carbocycles. The number of carboxylic acids is 1. The summed E-state index contributed by atoms with van der Waals surface area (Å²) < 4.78 is 20.5. The number of hydrogen-bond acceptors (Lipinski definition) is 9. The maximum Gasteiger partial charge on any atom is 0.326 e. The zero-order valence-electron chi connectivity index (χ0n) is 23.8. The Hall–Kier alpha value is -4.14. The highest BCUT2D eigenvalue weighted by Gasteiger charge is 2.58. The molecular weight excluding hydrogens is 558 g/mol. The van der Waals surface area contributed by atoms with Crippen LogP contribution < -0.4 is 10.6 Å². The highest BCUT2D eigenvalue weighted by atomic mass is 16.8. The van der Waals surface area contributed by atoms with Crippen LogP contribution in [0.5, 0.6) is 0 Å². The maximum absolute atomic E-state index is 13.7. The normalized spacial score (nSPS) is 26.5. The number of nitrogens with zero attached hydrogens (tertiary/aromatic N) is 5. The van der Waals surface area contributed by atoms with E-state index < -0.39 is 54.8 Å². The Labute approximate surface area is 247 Å². The van der Waals surface area contributed by atoms with E-state index in [1.807, 2.05) is 30.3 Å². The summed E-state index contributed by atoms with van der Waals surface area (Å²) in [5.74, 6) is -1.29. The topological polar surface area (TPSA) is 170 Å². The highest BCUT2D eigenvalue weighted by Crippen LogP contribution is 2.45.